The number of hydrogen-bond donors (Lipinski definition) is 2. The molecule has 0 saturated heterocycles. The number of hydrogen-bond acceptors (Lipinski definition) is 3. The number of carbonyl (C=O) groups excluding carboxylic acids is 1. The lowest BCUT2D eigenvalue weighted by molar-refractivity contribution is -0.116. The molecular formula is C10H12O3. The Balaban J connectivity index is 3.07. The number of benzene rings is 1. The van der Waals surface area contributed by atoms with Crippen LogP contribution in [0.1, 0.15) is 18.1 Å². The summed E-state index contributed by atoms with van der Waals surface area (Å²) in [6.07, 6.45) is 0.169. The summed E-state index contributed by atoms with van der Waals surface area (Å²) >= 11 is 0. The van der Waals surface area contributed by atoms with Crippen LogP contribution in [0.25, 0.3) is 0 Å². The quantitative estimate of drug-likeness (QED) is 0.730. The summed E-state index contributed by atoms with van der Waals surface area (Å²) in [5.74, 6) is 0.0398. The lowest BCUT2D eigenvalue weighted by Crippen LogP contribution is -2.01. The van der Waals surface area contributed by atoms with Crippen LogP contribution in [0, 0.1) is 0 Å². The molecule has 0 heterocycles. The van der Waals surface area contributed by atoms with Crippen LogP contribution in [0.3, 0.4) is 0 Å². The molecule has 0 aromatic heterocycles. The Bertz CT molecular complexity index is 318. The minimum absolute atomic E-state index is 0.0313. The molecule has 1 aromatic rings. The molecule has 2 N–H and O–H groups in total. The fraction of sp³-hybridized carbons (Fsp3) is 0.300. The summed E-state index contributed by atoms with van der Waals surface area (Å²) < 4.78 is 0. The van der Waals surface area contributed by atoms with Crippen LogP contribution < -0.4 is 0 Å². The maximum Gasteiger partial charge on any atom is 0.134 e. The van der Waals surface area contributed by atoms with Gasteiger partial charge in [0.15, 0.2) is 0 Å². The summed E-state index contributed by atoms with van der Waals surface area (Å²) in [5.41, 5.74) is 1.13. The van der Waals surface area contributed by atoms with Gasteiger partial charge in [-0.3, -0.25) is 4.79 Å². The second kappa shape index (κ2) is 4.05. The van der Waals surface area contributed by atoms with Crippen LogP contribution in [-0.2, 0) is 17.8 Å². The maximum absolute atomic E-state index is 10.8. The molecule has 0 aliphatic rings. The first kappa shape index (κ1) is 9.74. The molecule has 0 aliphatic carbocycles. The normalized spacial score (nSPS) is 10.0. The van der Waals surface area contributed by atoms with Gasteiger partial charge in [-0.25, -0.2) is 0 Å². The summed E-state index contributed by atoms with van der Waals surface area (Å²) in [5, 5.41) is 18.3. The molecule has 70 valence electrons. The molecule has 0 aliphatic heterocycles. The maximum atomic E-state index is 10.8. The number of aromatic hydroxyl groups is 1. The smallest absolute Gasteiger partial charge is 0.134 e. The average molecular weight is 180 g/mol. The van der Waals surface area contributed by atoms with Crippen LogP contribution in [0.2, 0.25) is 0 Å². The number of aliphatic hydroxyl groups is 1. The Morgan fingerprint density at radius 1 is 1.46 bits per heavy atom. The minimum Gasteiger partial charge on any atom is -0.508 e. The van der Waals surface area contributed by atoms with Crippen LogP contribution in [0.5, 0.6) is 5.75 Å². The van der Waals surface area contributed by atoms with E-state index in [1.54, 1.807) is 12.1 Å². The van der Waals surface area contributed by atoms with Crippen LogP contribution in [-0.4, -0.2) is 16.0 Å². The van der Waals surface area contributed by atoms with Gasteiger partial charge in [0, 0.05) is 12.0 Å². The molecule has 0 spiro atoms. The number of phenolic OH excluding ortho intramolecular Hbond substituents is 1. The minimum atomic E-state index is -0.156. The summed E-state index contributed by atoms with van der Waals surface area (Å²) in [6, 6.07) is 4.85. The molecule has 0 unspecified atom stereocenters. The highest BCUT2D eigenvalue weighted by molar-refractivity contribution is 5.79. The van der Waals surface area contributed by atoms with Crippen molar-refractivity contribution < 1.29 is 15.0 Å². The zero-order valence-corrected chi connectivity index (χ0v) is 7.45. The standard InChI is InChI=1S/C10H12O3/c1-7(12)5-9-8(6-11)3-2-4-10(9)13/h2-4,11,13H,5-6H2,1H3. The third kappa shape index (κ3) is 2.29. The molecule has 1 aromatic carbocycles. The van der Waals surface area contributed by atoms with Crippen LogP contribution >= 0.6 is 0 Å². The van der Waals surface area contributed by atoms with Crippen LogP contribution in [0.4, 0.5) is 0 Å². The van der Waals surface area contributed by atoms with Gasteiger partial charge in [-0.1, -0.05) is 12.1 Å². The van der Waals surface area contributed by atoms with Crippen molar-refractivity contribution in [2.45, 2.75) is 20.0 Å². The van der Waals surface area contributed by atoms with Crippen molar-refractivity contribution in [3.63, 3.8) is 0 Å². The lowest BCUT2D eigenvalue weighted by Gasteiger charge is -2.07. The van der Waals surface area contributed by atoms with E-state index < -0.39 is 0 Å². The van der Waals surface area contributed by atoms with Gasteiger partial charge < -0.3 is 10.2 Å². The second-order valence-corrected chi connectivity index (χ2v) is 2.95. The highest BCUT2D eigenvalue weighted by atomic mass is 16.3. The van der Waals surface area contributed by atoms with Crippen molar-refractivity contribution in [3.8, 4) is 5.75 Å². The van der Waals surface area contributed by atoms with Crippen molar-refractivity contribution in [1.82, 2.24) is 0 Å². The molecule has 0 fully saturated rings. The molecule has 0 atom stereocenters. The fourth-order valence-corrected chi connectivity index (χ4v) is 1.22. The number of phenols is 1. The summed E-state index contributed by atoms with van der Waals surface area (Å²) in [7, 11) is 0. The fourth-order valence-electron chi connectivity index (χ4n) is 1.22. The van der Waals surface area contributed by atoms with Gasteiger partial charge in [0.25, 0.3) is 0 Å². The van der Waals surface area contributed by atoms with E-state index in [1.165, 1.54) is 13.0 Å². The number of Topliss-reactive ketones (excluding diaryl/α,β-unsaturated/α-hetero) is 1. The lowest BCUT2D eigenvalue weighted by atomic mass is 10.0. The van der Waals surface area contributed by atoms with E-state index in [0.29, 0.717) is 11.1 Å². The Hall–Kier alpha value is -1.35. The van der Waals surface area contributed by atoms with Gasteiger partial charge in [0.05, 0.1) is 6.61 Å². The Labute approximate surface area is 76.6 Å². The van der Waals surface area contributed by atoms with E-state index in [-0.39, 0.29) is 24.6 Å². The highest BCUT2D eigenvalue weighted by Gasteiger charge is 2.08. The van der Waals surface area contributed by atoms with E-state index >= 15 is 0 Å². The van der Waals surface area contributed by atoms with Gasteiger partial charge in [0.2, 0.25) is 0 Å². The predicted molar refractivity (Wildman–Crippen MR) is 48.4 cm³/mol. The molecular weight excluding hydrogens is 168 g/mol. The van der Waals surface area contributed by atoms with Gasteiger partial charge >= 0.3 is 0 Å². The SMILES string of the molecule is CC(=O)Cc1c(O)cccc1CO. The van der Waals surface area contributed by atoms with Crippen molar-refractivity contribution in [3.05, 3.63) is 29.3 Å². The Morgan fingerprint density at radius 2 is 2.15 bits per heavy atom. The molecule has 0 radical (unpaired) electrons. The number of rotatable bonds is 3. The number of aliphatic hydroxyl groups excluding tert-OH is 1. The van der Waals surface area contributed by atoms with E-state index in [2.05, 4.69) is 0 Å². The van der Waals surface area contributed by atoms with E-state index in [4.69, 9.17) is 5.11 Å². The van der Waals surface area contributed by atoms with E-state index in [1.807, 2.05) is 0 Å². The topological polar surface area (TPSA) is 57.5 Å². The average Bonchev–Trinajstić information content (AvgIpc) is 2.08. The summed E-state index contributed by atoms with van der Waals surface area (Å²) in [6.45, 7) is 1.30. The largest absolute Gasteiger partial charge is 0.508 e. The molecule has 0 amide bonds. The van der Waals surface area contributed by atoms with Gasteiger partial charge in [-0.05, 0) is 18.6 Å². The first-order valence-corrected chi connectivity index (χ1v) is 4.05. The van der Waals surface area contributed by atoms with Crippen LogP contribution in [0.15, 0.2) is 18.2 Å². The zero-order chi connectivity index (χ0) is 9.84. The van der Waals surface area contributed by atoms with Crippen molar-refractivity contribution >= 4 is 5.78 Å². The molecule has 1 rings (SSSR count). The van der Waals surface area contributed by atoms with Crippen molar-refractivity contribution in [1.29, 1.82) is 0 Å². The second-order valence-electron chi connectivity index (χ2n) is 2.95. The number of ketones is 1. The Kier molecular flexibility index (Phi) is 3.03. The molecule has 3 nitrogen and oxygen atoms in total. The van der Waals surface area contributed by atoms with E-state index in [0.717, 1.165) is 0 Å². The molecule has 0 bridgehead atoms. The van der Waals surface area contributed by atoms with Crippen molar-refractivity contribution in [2.75, 3.05) is 0 Å². The molecule has 3 heteroatoms. The van der Waals surface area contributed by atoms with Gasteiger partial charge in [-0.15, -0.1) is 0 Å². The van der Waals surface area contributed by atoms with Gasteiger partial charge in [0.1, 0.15) is 11.5 Å². The summed E-state index contributed by atoms with van der Waals surface area (Å²) in [4.78, 5) is 10.8. The zero-order valence-electron chi connectivity index (χ0n) is 7.45. The first-order chi connectivity index (χ1) is 6.15. The van der Waals surface area contributed by atoms with Gasteiger partial charge in [-0.2, -0.15) is 0 Å². The number of carbonyl (C=O) groups is 1. The first-order valence-electron chi connectivity index (χ1n) is 4.05. The third-order valence-corrected chi connectivity index (χ3v) is 1.84. The van der Waals surface area contributed by atoms with E-state index in [9.17, 15) is 9.90 Å². The third-order valence-electron chi connectivity index (χ3n) is 1.84. The monoisotopic (exact) mass is 180 g/mol. The highest BCUT2D eigenvalue weighted by Crippen LogP contribution is 2.21. The Morgan fingerprint density at radius 3 is 2.69 bits per heavy atom. The predicted octanol–water partition coefficient (Wildman–Crippen LogP) is 1.02. The molecule has 13 heavy (non-hydrogen) atoms. The molecule has 0 saturated carbocycles. The van der Waals surface area contributed by atoms with Crippen molar-refractivity contribution in [2.24, 2.45) is 0 Å².